The van der Waals surface area contributed by atoms with Gasteiger partial charge in [0.25, 0.3) is 0 Å². The van der Waals surface area contributed by atoms with Crippen LogP contribution in [0.4, 0.5) is 0 Å². The largest absolute Gasteiger partial charge is 0.368 e. The first kappa shape index (κ1) is 14.4. The fourth-order valence-corrected chi connectivity index (χ4v) is 1.41. The number of carbonyl (C=O) groups excluding carboxylic acids is 1. The van der Waals surface area contributed by atoms with Crippen LogP contribution in [0, 0.1) is 0 Å². The topological polar surface area (TPSA) is 81.1 Å². The van der Waals surface area contributed by atoms with Gasteiger partial charge in [0, 0.05) is 12.6 Å². The smallest absolute Gasteiger partial charge is 0.235 e. The standard InChI is InChI=1S/C11H25N3O/c1-3-4-5-6-7-9(2)14-8-10(12)11(13)15/h9-10,14H,3-8,12H2,1-2H3,(H2,13,15). The second-order valence-electron chi connectivity index (χ2n) is 4.17. The van der Waals surface area contributed by atoms with Crippen LogP contribution in [-0.2, 0) is 4.79 Å². The summed E-state index contributed by atoms with van der Waals surface area (Å²) in [6.45, 7) is 4.79. The molecule has 2 atom stereocenters. The summed E-state index contributed by atoms with van der Waals surface area (Å²) >= 11 is 0. The molecule has 0 heterocycles. The molecule has 15 heavy (non-hydrogen) atoms. The lowest BCUT2D eigenvalue weighted by Crippen LogP contribution is -2.46. The normalized spacial score (nSPS) is 14.9. The number of hydrogen-bond donors (Lipinski definition) is 3. The fraction of sp³-hybridized carbons (Fsp3) is 0.909. The van der Waals surface area contributed by atoms with Gasteiger partial charge in [-0.15, -0.1) is 0 Å². The number of unbranched alkanes of at least 4 members (excludes halogenated alkanes) is 3. The lowest BCUT2D eigenvalue weighted by atomic mass is 10.1. The summed E-state index contributed by atoms with van der Waals surface area (Å²) in [5, 5.41) is 3.21. The van der Waals surface area contributed by atoms with Gasteiger partial charge in [-0.25, -0.2) is 0 Å². The van der Waals surface area contributed by atoms with Crippen molar-refractivity contribution in [3.8, 4) is 0 Å². The van der Waals surface area contributed by atoms with Crippen LogP contribution in [0.15, 0.2) is 0 Å². The molecule has 0 aliphatic carbocycles. The Morgan fingerprint density at radius 3 is 2.53 bits per heavy atom. The van der Waals surface area contributed by atoms with E-state index in [-0.39, 0.29) is 0 Å². The number of primary amides is 1. The molecule has 4 heteroatoms. The van der Waals surface area contributed by atoms with Crippen molar-refractivity contribution < 1.29 is 4.79 Å². The van der Waals surface area contributed by atoms with E-state index >= 15 is 0 Å². The van der Waals surface area contributed by atoms with Crippen molar-refractivity contribution >= 4 is 5.91 Å². The Morgan fingerprint density at radius 2 is 2.00 bits per heavy atom. The zero-order valence-corrected chi connectivity index (χ0v) is 9.96. The van der Waals surface area contributed by atoms with Crippen LogP contribution in [0.2, 0.25) is 0 Å². The molecule has 0 aromatic rings. The Morgan fingerprint density at radius 1 is 1.33 bits per heavy atom. The van der Waals surface area contributed by atoms with Gasteiger partial charge in [0.05, 0.1) is 6.04 Å². The van der Waals surface area contributed by atoms with Crippen LogP contribution in [0.1, 0.15) is 46.0 Å². The van der Waals surface area contributed by atoms with Gasteiger partial charge in [-0.3, -0.25) is 4.79 Å². The van der Waals surface area contributed by atoms with E-state index in [0.717, 1.165) is 6.42 Å². The molecule has 0 aromatic heterocycles. The minimum atomic E-state index is -0.567. The Kier molecular flexibility index (Phi) is 8.33. The van der Waals surface area contributed by atoms with E-state index in [4.69, 9.17) is 11.5 Å². The van der Waals surface area contributed by atoms with Crippen molar-refractivity contribution in [1.82, 2.24) is 5.32 Å². The summed E-state index contributed by atoms with van der Waals surface area (Å²) in [6.07, 6.45) is 6.20. The van der Waals surface area contributed by atoms with Crippen LogP contribution < -0.4 is 16.8 Å². The predicted molar refractivity (Wildman–Crippen MR) is 63.4 cm³/mol. The molecule has 0 aliphatic heterocycles. The molecule has 0 fully saturated rings. The molecular weight excluding hydrogens is 190 g/mol. The number of nitrogens with one attached hydrogen (secondary N) is 1. The summed E-state index contributed by atoms with van der Waals surface area (Å²) in [5.74, 6) is -0.444. The van der Waals surface area contributed by atoms with E-state index in [0.29, 0.717) is 12.6 Å². The SMILES string of the molecule is CCCCCCC(C)NCC(N)C(N)=O. The predicted octanol–water partition coefficient (Wildman–Crippen LogP) is 0.748. The third kappa shape index (κ3) is 8.39. The third-order valence-electron chi connectivity index (χ3n) is 2.54. The molecule has 5 N–H and O–H groups in total. The van der Waals surface area contributed by atoms with Crippen molar-refractivity contribution in [2.75, 3.05) is 6.54 Å². The summed E-state index contributed by atoms with van der Waals surface area (Å²) < 4.78 is 0. The molecule has 4 nitrogen and oxygen atoms in total. The second-order valence-corrected chi connectivity index (χ2v) is 4.17. The summed E-state index contributed by atoms with van der Waals surface area (Å²) in [7, 11) is 0. The highest BCUT2D eigenvalue weighted by Crippen LogP contribution is 2.04. The van der Waals surface area contributed by atoms with E-state index in [9.17, 15) is 4.79 Å². The van der Waals surface area contributed by atoms with E-state index in [1.165, 1.54) is 25.7 Å². The summed E-state index contributed by atoms with van der Waals surface area (Å²) in [4.78, 5) is 10.7. The van der Waals surface area contributed by atoms with E-state index in [1.807, 2.05) is 0 Å². The highest BCUT2D eigenvalue weighted by Gasteiger charge is 2.09. The maximum Gasteiger partial charge on any atom is 0.235 e. The molecule has 1 amide bonds. The number of carbonyl (C=O) groups is 1. The van der Waals surface area contributed by atoms with Crippen molar-refractivity contribution in [2.45, 2.75) is 58.0 Å². The molecule has 2 unspecified atom stereocenters. The molecule has 0 radical (unpaired) electrons. The monoisotopic (exact) mass is 215 g/mol. The molecule has 0 aromatic carbocycles. The molecular formula is C11H25N3O. The number of hydrogen-bond acceptors (Lipinski definition) is 3. The lowest BCUT2D eigenvalue weighted by Gasteiger charge is -2.15. The highest BCUT2D eigenvalue weighted by atomic mass is 16.1. The number of amides is 1. The first-order valence-corrected chi connectivity index (χ1v) is 5.86. The average Bonchev–Trinajstić information content (AvgIpc) is 2.20. The Labute approximate surface area is 92.8 Å². The first-order valence-electron chi connectivity index (χ1n) is 5.86. The Hall–Kier alpha value is -0.610. The third-order valence-corrected chi connectivity index (χ3v) is 2.54. The zero-order valence-electron chi connectivity index (χ0n) is 9.96. The van der Waals surface area contributed by atoms with Crippen molar-refractivity contribution in [1.29, 1.82) is 0 Å². The van der Waals surface area contributed by atoms with E-state index in [2.05, 4.69) is 19.2 Å². The maximum absolute atomic E-state index is 10.7. The van der Waals surface area contributed by atoms with Gasteiger partial charge in [0.2, 0.25) is 5.91 Å². The Bertz CT molecular complexity index is 173. The van der Waals surface area contributed by atoms with Gasteiger partial charge in [-0.1, -0.05) is 32.6 Å². The molecule has 0 spiro atoms. The van der Waals surface area contributed by atoms with Gasteiger partial charge >= 0.3 is 0 Å². The van der Waals surface area contributed by atoms with Gasteiger partial charge in [-0.2, -0.15) is 0 Å². The summed E-state index contributed by atoms with van der Waals surface area (Å²) in [6, 6.07) is -0.157. The fourth-order valence-electron chi connectivity index (χ4n) is 1.41. The molecule has 90 valence electrons. The van der Waals surface area contributed by atoms with E-state index < -0.39 is 11.9 Å². The lowest BCUT2D eigenvalue weighted by molar-refractivity contribution is -0.119. The number of rotatable bonds is 9. The van der Waals surface area contributed by atoms with Crippen LogP contribution in [0.3, 0.4) is 0 Å². The van der Waals surface area contributed by atoms with Crippen molar-refractivity contribution in [3.05, 3.63) is 0 Å². The van der Waals surface area contributed by atoms with Crippen LogP contribution in [0.25, 0.3) is 0 Å². The van der Waals surface area contributed by atoms with Gasteiger partial charge in [0.15, 0.2) is 0 Å². The Balaban J connectivity index is 3.40. The quantitative estimate of drug-likeness (QED) is 0.496. The minimum absolute atomic E-state index is 0.409. The maximum atomic E-state index is 10.7. The van der Waals surface area contributed by atoms with Crippen LogP contribution in [-0.4, -0.2) is 24.5 Å². The van der Waals surface area contributed by atoms with Gasteiger partial charge < -0.3 is 16.8 Å². The van der Waals surface area contributed by atoms with Gasteiger partial charge in [-0.05, 0) is 13.3 Å². The first-order chi connectivity index (χ1) is 7.07. The van der Waals surface area contributed by atoms with Gasteiger partial charge in [0.1, 0.15) is 0 Å². The van der Waals surface area contributed by atoms with E-state index in [1.54, 1.807) is 0 Å². The highest BCUT2D eigenvalue weighted by molar-refractivity contribution is 5.79. The van der Waals surface area contributed by atoms with Crippen molar-refractivity contribution in [2.24, 2.45) is 11.5 Å². The number of nitrogens with two attached hydrogens (primary N) is 2. The zero-order chi connectivity index (χ0) is 11.7. The minimum Gasteiger partial charge on any atom is -0.368 e. The summed E-state index contributed by atoms with van der Waals surface area (Å²) in [5.41, 5.74) is 10.6. The van der Waals surface area contributed by atoms with Crippen molar-refractivity contribution in [3.63, 3.8) is 0 Å². The molecule has 0 rings (SSSR count). The molecule has 0 saturated carbocycles. The van der Waals surface area contributed by atoms with Crippen LogP contribution in [0.5, 0.6) is 0 Å². The molecule has 0 bridgehead atoms. The van der Waals surface area contributed by atoms with Crippen LogP contribution >= 0.6 is 0 Å². The second kappa shape index (κ2) is 8.68. The average molecular weight is 215 g/mol. The molecule has 0 saturated heterocycles. The molecule has 0 aliphatic rings.